The third-order valence-electron chi connectivity index (χ3n) is 5.54. The molecule has 1 amide bonds. The van der Waals surface area contributed by atoms with E-state index < -0.39 is 11.9 Å². The van der Waals surface area contributed by atoms with Crippen molar-refractivity contribution in [3.05, 3.63) is 70.8 Å². The first-order valence-electron chi connectivity index (χ1n) is 11.0. The van der Waals surface area contributed by atoms with Gasteiger partial charge in [0.05, 0.1) is 28.8 Å². The summed E-state index contributed by atoms with van der Waals surface area (Å²) in [6.45, 7) is 3.91. The van der Waals surface area contributed by atoms with E-state index in [1.807, 2.05) is 19.1 Å². The lowest BCUT2D eigenvalue weighted by Gasteiger charge is -2.20. The molecule has 0 spiro atoms. The van der Waals surface area contributed by atoms with E-state index in [4.69, 9.17) is 31.2 Å². The van der Waals surface area contributed by atoms with Gasteiger partial charge in [-0.1, -0.05) is 23.7 Å². The van der Waals surface area contributed by atoms with Crippen LogP contribution < -0.4 is 15.2 Å². The maximum Gasteiger partial charge on any atom is 0.253 e. The molecule has 0 saturated heterocycles. The van der Waals surface area contributed by atoms with Gasteiger partial charge in [-0.3, -0.25) is 4.79 Å². The minimum Gasteiger partial charge on any atom is -0.493 e. The summed E-state index contributed by atoms with van der Waals surface area (Å²) in [7, 11) is 3.40. The summed E-state index contributed by atoms with van der Waals surface area (Å²) in [6.07, 6.45) is 2.45. The lowest BCUT2D eigenvalue weighted by molar-refractivity contribution is 0.0827. The van der Waals surface area contributed by atoms with Crippen LogP contribution in [0.5, 0.6) is 11.5 Å². The van der Waals surface area contributed by atoms with Gasteiger partial charge in [0.1, 0.15) is 17.7 Å². The Labute approximate surface area is 207 Å². The number of nitrogens with two attached hydrogens (primary N) is 1. The number of nitrogens with zero attached hydrogens (tertiary/aromatic N) is 2. The van der Waals surface area contributed by atoms with Crippen molar-refractivity contribution in [1.29, 1.82) is 0 Å². The summed E-state index contributed by atoms with van der Waals surface area (Å²) >= 11 is 6.26. The molecule has 0 saturated carbocycles. The highest BCUT2D eigenvalue weighted by molar-refractivity contribution is 6.31. The molecule has 9 heteroatoms. The third-order valence-corrected chi connectivity index (χ3v) is 5.93. The number of amides is 1. The fraction of sp³-hybridized carbons (Fsp3) is 0.231. The number of furan rings is 1. The molecular formula is C26H25ClFN3O4. The number of pyridine rings is 1. The summed E-state index contributed by atoms with van der Waals surface area (Å²) in [4.78, 5) is 18.0. The molecule has 4 aromatic rings. The van der Waals surface area contributed by atoms with Gasteiger partial charge in [-0.05, 0) is 43.7 Å². The number of halogens is 2. The molecule has 0 fully saturated rings. The fourth-order valence-corrected chi connectivity index (χ4v) is 4.12. The third kappa shape index (κ3) is 4.61. The van der Waals surface area contributed by atoms with E-state index in [1.165, 1.54) is 17.0 Å². The molecule has 0 aliphatic carbocycles. The number of carbonyl (C=O) groups excluding carboxylic acids is 1. The number of aromatic nitrogens is 1. The highest BCUT2D eigenvalue weighted by Gasteiger charge is 2.24. The van der Waals surface area contributed by atoms with Crippen LogP contribution in [0.3, 0.4) is 0 Å². The van der Waals surface area contributed by atoms with Gasteiger partial charge >= 0.3 is 0 Å². The number of ether oxygens (including phenoxy) is 2. The molecule has 4 rings (SSSR count). The second-order valence-corrected chi connectivity index (χ2v) is 8.49. The number of hydrogen-bond acceptors (Lipinski definition) is 6. The average Bonchev–Trinajstić information content (AvgIpc) is 3.27. The lowest BCUT2D eigenvalue weighted by atomic mass is 10.0. The number of nitrogen functional groups attached to an aromatic ring is 1. The predicted molar refractivity (Wildman–Crippen MR) is 133 cm³/mol. The van der Waals surface area contributed by atoms with Crippen LogP contribution in [-0.4, -0.2) is 36.5 Å². The first-order valence-corrected chi connectivity index (χ1v) is 11.4. The second kappa shape index (κ2) is 9.84. The molecule has 7 nitrogen and oxygen atoms in total. The van der Waals surface area contributed by atoms with E-state index in [-0.39, 0.29) is 22.5 Å². The summed E-state index contributed by atoms with van der Waals surface area (Å²) in [5.74, 6) is 0.0696. The molecule has 0 aliphatic heterocycles. The molecular weight excluding hydrogens is 473 g/mol. The Morgan fingerprint density at radius 2 is 1.94 bits per heavy atom. The predicted octanol–water partition coefficient (Wildman–Crippen LogP) is 6.11. The minimum atomic E-state index is -0.723. The first kappa shape index (κ1) is 24.3. The normalized spacial score (nSPS) is 11.9. The monoisotopic (exact) mass is 497 g/mol. The van der Waals surface area contributed by atoms with Gasteiger partial charge in [0.25, 0.3) is 5.91 Å². The smallest absolute Gasteiger partial charge is 0.253 e. The van der Waals surface area contributed by atoms with Gasteiger partial charge < -0.3 is 24.5 Å². The Hall–Kier alpha value is -3.78. The standard InChI is InChI=1S/C26H25ClFN3O4/c1-5-33-20-11-10-19(28)22(27)21(20)14(2)35-24-23-17(12-30-25(24)29)18(13-34-23)15-6-8-16(9-7-15)26(32)31(3)4/h6-14H,5H2,1-4H3,(H2,29,30). The number of fused-ring (bicyclic) bond motifs is 1. The number of anilines is 1. The van der Waals surface area contributed by atoms with Crippen molar-refractivity contribution in [3.63, 3.8) is 0 Å². The molecule has 2 aromatic carbocycles. The second-order valence-electron chi connectivity index (χ2n) is 8.11. The van der Waals surface area contributed by atoms with Crippen LogP contribution in [0.4, 0.5) is 10.2 Å². The Morgan fingerprint density at radius 1 is 1.23 bits per heavy atom. The Kier molecular flexibility index (Phi) is 6.84. The first-order chi connectivity index (χ1) is 16.7. The molecule has 35 heavy (non-hydrogen) atoms. The fourth-order valence-electron chi connectivity index (χ4n) is 3.81. The molecule has 2 N–H and O–H groups in total. The SMILES string of the molecule is CCOc1ccc(F)c(Cl)c1C(C)Oc1c(N)ncc2c(-c3ccc(C(=O)N(C)C)cc3)coc12. The summed E-state index contributed by atoms with van der Waals surface area (Å²) in [6, 6.07) is 9.93. The molecule has 0 aliphatic rings. The maximum atomic E-state index is 14.2. The van der Waals surface area contributed by atoms with Crippen molar-refractivity contribution in [3.8, 4) is 22.6 Å². The van der Waals surface area contributed by atoms with Crippen molar-refractivity contribution < 1.29 is 23.1 Å². The average molecular weight is 498 g/mol. The quantitative estimate of drug-likeness (QED) is 0.331. The maximum absolute atomic E-state index is 14.2. The van der Waals surface area contributed by atoms with Gasteiger partial charge in [0.2, 0.25) is 5.75 Å². The van der Waals surface area contributed by atoms with Gasteiger partial charge in [-0.2, -0.15) is 0 Å². The highest BCUT2D eigenvalue weighted by atomic mass is 35.5. The molecule has 0 radical (unpaired) electrons. The molecule has 182 valence electrons. The van der Waals surface area contributed by atoms with Gasteiger partial charge in [0, 0.05) is 31.4 Å². The Balaban J connectivity index is 1.72. The number of benzene rings is 2. The number of carbonyl (C=O) groups is 1. The van der Waals surface area contributed by atoms with Crippen LogP contribution in [0.25, 0.3) is 22.1 Å². The number of hydrogen-bond donors (Lipinski definition) is 1. The summed E-state index contributed by atoms with van der Waals surface area (Å²) < 4.78 is 31.8. The molecule has 2 heterocycles. The van der Waals surface area contributed by atoms with Crippen LogP contribution >= 0.6 is 11.6 Å². The van der Waals surface area contributed by atoms with Gasteiger partial charge in [0.15, 0.2) is 11.4 Å². The van der Waals surface area contributed by atoms with Crippen LogP contribution in [0, 0.1) is 5.82 Å². The Bertz CT molecular complexity index is 1390. The van der Waals surface area contributed by atoms with Gasteiger partial charge in [-0.25, -0.2) is 9.37 Å². The zero-order valence-electron chi connectivity index (χ0n) is 19.8. The zero-order valence-corrected chi connectivity index (χ0v) is 20.5. The summed E-state index contributed by atoms with van der Waals surface area (Å²) in [5, 5.41) is 0.582. The van der Waals surface area contributed by atoms with E-state index in [0.29, 0.717) is 34.5 Å². The molecule has 1 atom stereocenters. The zero-order chi connectivity index (χ0) is 25.3. The van der Waals surface area contributed by atoms with Crippen molar-refractivity contribution in [1.82, 2.24) is 9.88 Å². The van der Waals surface area contributed by atoms with Crippen molar-refractivity contribution in [2.45, 2.75) is 20.0 Å². The molecule has 0 bridgehead atoms. The molecule has 1 unspecified atom stereocenters. The van der Waals surface area contributed by atoms with Crippen molar-refractivity contribution in [2.75, 3.05) is 26.4 Å². The summed E-state index contributed by atoms with van der Waals surface area (Å²) in [5.41, 5.74) is 9.04. The highest BCUT2D eigenvalue weighted by Crippen LogP contribution is 2.42. The van der Waals surface area contributed by atoms with Gasteiger partial charge in [-0.15, -0.1) is 0 Å². The van der Waals surface area contributed by atoms with Crippen molar-refractivity contribution >= 4 is 34.3 Å². The van der Waals surface area contributed by atoms with E-state index in [0.717, 1.165) is 11.1 Å². The van der Waals surface area contributed by atoms with E-state index in [9.17, 15) is 9.18 Å². The van der Waals surface area contributed by atoms with Crippen LogP contribution in [0.1, 0.15) is 35.9 Å². The van der Waals surface area contributed by atoms with E-state index >= 15 is 0 Å². The van der Waals surface area contributed by atoms with Crippen LogP contribution in [0.2, 0.25) is 5.02 Å². The van der Waals surface area contributed by atoms with Crippen LogP contribution in [0.15, 0.2) is 53.3 Å². The lowest BCUT2D eigenvalue weighted by Crippen LogP contribution is -2.21. The van der Waals surface area contributed by atoms with Crippen LogP contribution in [-0.2, 0) is 0 Å². The number of rotatable bonds is 7. The topological polar surface area (TPSA) is 90.8 Å². The Morgan fingerprint density at radius 3 is 2.60 bits per heavy atom. The van der Waals surface area contributed by atoms with E-state index in [1.54, 1.807) is 45.6 Å². The van der Waals surface area contributed by atoms with Crippen molar-refractivity contribution in [2.24, 2.45) is 0 Å². The minimum absolute atomic E-state index is 0.0878. The largest absolute Gasteiger partial charge is 0.493 e. The van der Waals surface area contributed by atoms with E-state index in [2.05, 4.69) is 4.98 Å². The molecule has 2 aromatic heterocycles.